The number of carbonyl (C=O) groups is 1. The summed E-state index contributed by atoms with van der Waals surface area (Å²) in [6.07, 6.45) is 7.15. The molecule has 1 unspecified atom stereocenters. The lowest BCUT2D eigenvalue weighted by Gasteiger charge is -2.40. The molecule has 1 amide bonds. The minimum absolute atomic E-state index is 0. The summed E-state index contributed by atoms with van der Waals surface area (Å²) >= 11 is 1.63. The minimum atomic E-state index is -0.0660. The first-order valence-electron chi connectivity index (χ1n) is 9.70. The van der Waals surface area contributed by atoms with E-state index in [0.29, 0.717) is 11.3 Å². The van der Waals surface area contributed by atoms with Crippen LogP contribution in [0, 0.1) is 5.41 Å². The quantitative estimate of drug-likeness (QED) is 0.829. The predicted molar refractivity (Wildman–Crippen MR) is 111 cm³/mol. The summed E-state index contributed by atoms with van der Waals surface area (Å²) in [6, 6.07) is 2.01. The molecule has 8 heteroatoms. The number of aromatic nitrogens is 2. The zero-order valence-corrected chi connectivity index (χ0v) is 17.0. The molecule has 1 spiro atoms. The molecule has 0 saturated carbocycles. The van der Waals surface area contributed by atoms with Crippen molar-refractivity contribution >= 4 is 45.7 Å². The van der Waals surface area contributed by atoms with E-state index in [9.17, 15) is 4.79 Å². The highest BCUT2D eigenvalue weighted by Crippen LogP contribution is 2.38. The summed E-state index contributed by atoms with van der Waals surface area (Å²) in [6.45, 7) is 4.97. The highest BCUT2D eigenvalue weighted by Gasteiger charge is 2.41. The molecule has 27 heavy (non-hydrogen) atoms. The molecular formula is C19H26ClN5OS. The molecule has 1 atom stereocenters. The van der Waals surface area contributed by atoms with Gasteiger partial charge in [-0.3, -0.25) is 4.79 Å². The van der Waals surface area contributed by atoms with E-state index < -0.39 is 0 Å². The van der Waals surface area contributed by atoms with Crippen molar-refractivity contribution in [2.24, 2.45) is 5.41 Å². The fraction of sp³-hybridized carbons (Fsp3) is 0.632. The molecule has 3 aliphatic rings. The Hall–Kier alpha value is -1.44. The zero-order chi connectivity index (χ0) is 17.6. The Bertz CT molecular complexity index is 811. The maximum Gasteiger partial charge on any atom is 0.245 e. The average Bonchev–Trinajstić information content (AvgIpc) is 3.42. The van der Waals surface area contributed by atoms with Gasteiger partial charge in [-0.1, -0.05) is 0 Å². The van der Waals surface area contributed by atoms with E-state index in [-0.39, 0.29) is 18.4 Å². The Morgan fingerprint density at radius 2 is 2.07 bits per heavy atom. The van der Waals surface area contributed by atoms with Gasteiger partial charge in [-0.2, -0.15) is 0 Å². The predicted octanol–water partition coefficient (Wildman–Crippen LogP) is 2.68. The average molecular weight is 408 g/mol. The highest BCUT2D eigenvalue weighted by molar-refractivity contribution is 7.16. The summed E-state index contributed by atoms with van der Waals surface area (Å²) < 4.78 is 0. The number of nitrogens with zero attached hydrogens (tertiary/aromatic N) is 4. The molecule has 3 fully saturated rings. The number of thiophene rings is 1. The summed E-state index contributed by atoms with van der Waals surface area (Å²) in [7, 11) is 0. The molecule has 1 N–H and O–H groups in total. The number of nitrogens with one attached hydrogen (secondary N) is 1. The lowest BCUT2D eigenvalue weighted by molar-refractivity contribution is -0.134. The Morgan fingerprint density at radius 1 is 1.22 bits per heavy atom. The van der Waals surface area contributed by atoms with Gasteiger partial charge in [-0.25, -0.2) is 9.97 Å². The maximum absolute atomic E-state index is 13.3. The molecule has 3 saturated heterocycles. The number of amides is 1. The van der Waals surface area contributed by atoms with Crippen LogP contribution in [0.2, 0.25) is 0 Å². The maximum atomic E-state index is 13.3. The van der Waals surface area contributed by atoms with Gasteiger partial charge in [-0.15, -0.1) is 23.7 Å². The molecule has 0 radical (unpaired) electrons. The molecule has 146 valence electrons. The first kappa shape index (κ1) is 18.9. The number of fused-ring (bicyclic) bond motifs is 1. The molecule has 5 heterocycles. The van der Waals surface area contributed by atoms with Crippen LogP contribution >= 0.6 is 23.7 Å². The lowest BCUT2D eigenvalue weighted by Crippen LogP contribution is -2.51. The Balaban J connectivity index is 0.00000180. The van der Waals surface area contributed by atoms with Crippen molar-refractivity contribution < 1.29 is 4.79 Å². The first-order chi connectivity index (χ1) is 12.8. The molecular weight excluding hydrogens is 382 g/mol. The van der Waals surface area contributed by atoms with Crippen LogP contribution in [-0.4, -0.2) is 59.5 Å². The van der Waals surface area contributed by atoms with Crippen LogP contribution in [-0.2, 0) is 4.79 Å². The largest absolute Gasteiger partial charge is 0.344 e. The van der Waals surface area contributed by atoms with Gasteiger partial charge in [0.2, 0.25) is 5.91 Å². The molecule has 5 rings (SSSR count). The second kappa shape index (κ2) is 7.53. The van der Waals surface area contributed by atoms with E-state index in [2.05, 4.69) is 36.5 Å². The van der Waals surface area contributed by atoms with E-state index >= 15 is 0 Å². The Labute approximate surface area is 169 Å². The van der Waals surface area contributed by atoms with Gasteiger partial charge in [0.05, 0.1) is 5.39 Å². The second-order valence-electron chi connectivity index (χ2n) is 7.94. The topological polar surface area (TPSA) is 61.4 Å². The summed E-state index contributed by atoms with van der Waals surface area (Å²) in [4.78, 5) is 27.5. The van der Waals surface area contributed by atoms with Gasteiger partial charge < -0.3 is 15.1 Å². The van der Waals surface area contributed by atoms with Crippen LogP contribution in [0.15, 0.2) is 17.8 Å². The minimum Gasteiger partial charge on any atom is -0.344 e. The number of hydrogen-bond acceptors (Lipinski definition) is 6. The highest BCUT2D eigenvalue weighted by atomic mass is 35.5. The standard InChI is InChI=1S/C19H25N5OS.ClH/c25-18(23-9-5-19(6-10-23)4-7-20-12-19)15-2-1-8-24(15)16-14-3-11-26-17(14)22-13-21-16;/h3,11,13,15,20H,1-2,4-10,12H2;1H. The van der Waals surface area contributed by atoms with Crippen molar-refractivity contribution in [2.75, 3.05) is 37.6 Å². The third-order valence-corrected chi connectivity index (χ3v) is 7.34. The van der Waals surface area contributed by atoms with Crippen LogP contribution in [0.5, 0.6) is 0 Å². The first-order valence-corrected chi connectivity index (χ1v) is 10.6. The van der Waals surface area contributed by atoms with Gasteiger partial charge >= 0.3 is 0 Å². The normalized spacial score (nSPS) is 24.5. The number of anilines is 1. The SMILES string of the molecule is Cl.O=C(C1CCCN1c1ncnc2sccc12)N1CCC2(CCNC2)CC1. The Morgan fingerprint density at radius 3 is 2.85 bits per heavy atom. The molecule has 2 aromatic heterocycles. The van der Waals surface area contributed by atoms with E-state index in [0.717, 1.165) is 74.4 Å². The lowest BCUT2D eigenvalue weighted by atomic mass is 9.77. The van der Waals surface area contributed by atoms with Crippen LogP contribution in [0.25, 0.3) is 10.2 Å². The molecule has 3 aliphatic heterocycles. The third kappa shape index (κ3) is 3.30. The van der Waals surface area contributed by atoms with E-state index in [1.165, 1.54) is 6.42 Å². The fourth-order valence-corrected chi connectivity index (χ4v) is 5.64. The zero-order valence-electron chi connectivity index (χ0n) is 15.4. The number of hydrogen-bond donors (Lipinski definition) is 1. The number of halogens is 1. The molecule has 0 aromatic carbocycles. The number of rotatable bonds is 2. The van der Waals surface area contributed by atoms with Gasteiger partial charge in [0.1, 0.15) is 23.0 Å². The van der Waals surface area contributed by atoms with Crippen molar-refractivity contribution in [3.8, 4) is 0 Å². The fourth-order valence-electron chi connectivity index (χ4n) is 4.92. The summed E-state index contributed by atoms with van der Waals surface area (Å²) in [5.41, 5.74) is 0.446. The van der Waals surface area contributed by atoms with Gasteiger partial charge in [0.15, 0.2) is 0 Å². The Kier molecular flexibility index (Phi) is 5.27. The smallest absolute Gasteiger partial charge is 0.245 e. The van der Waals surface area contributed by atoms with Crippen LogP contribution in [0.3, 0.4) is 0 Å². The van der Waals surface area contributed by atoms with Gasteiger partial charge in [0.25, 0.3) is 0 Å². The second-order valence-corrected chi connectivity index (χ2v) is 8.83. The number of piperidine rings is 1. The van der Waals surface area contributed by atoms with Gasteiger partial charge in [0, 0.05) is 26.2 Å². The van der Waals surface area contributed by atoms with Crippen LogP contribution in [0.1, 0.15) is 32.1 Å². The number of likely N-dealkylation sites (tertiary alicyclic amines) is 1. The van der Waals surface area contributed by atoms with Crippen molar-refractivity contribution in [3.05, 3.63) is 17.8 Å². The van der Waals surface area contributed by atoms with Crippen molar-refractivity contribution in [2.45, 2.75) is 38.1 Å². The van der Waals surface area contributed by atoms with Crippen molar-refractivity contribution in [3.63, 3.8) is 0 Å². The summed E-state index contributed by atoms with van der Waals surface area (Å²) in [5, 5.41) is 6.63. The molecule has 2 aromatic rings. The third-order valence-electron chi connectivity index (χ3n) is 6.52. The van der Waals surface area contributed by atoms with Gasteiger partial charge in [-0.05, 0) is 55.5 Å². The van der Waals surface area contributed by atoms with Crippen LogP contribution < -0.4 is 10.2 Å². The summed E-state index contributed by atoms with van der Waals surface area (Å²) in [5.74, 6) is 1.23. The van der Waals surface area contributed by atoms with E-state index in [1.807, 2.05) is 0 Å². The number of carbonyl (C=O) groups excluding carboxylic acids is 1. The van der Waals surface area contributed by atoms with Crippen molar-refractivity contribution in [1.29, 1.82) is 0 Å². The molecule has 0 bridgehead atoms. The van der Waals surface area contributed by atoms with E-state index in [4.69, 9.17) is 0 Å². The monoisotopic (exact) mass is 407 g/mol. The molecule has 0 aliphatic carbocycles. The molecule has 6 nitrogen and oxygen atoms in total. The van der Waals surface area contributed by atoms with Crippen molar-refractivity contribution in [1.82, 2.24) is 20.2 Å². The van der Waals surface area contributed by atoms with Crippen LogP contribution in [0.4, 0.5) is 5.82 Å². The van der Waals surface area contributed by atoms with E-state index in [1.54, 1.807) is 17.7 Å².